The third kappa shape index (κ3) is 5.83. The largest absolute Gasteiger partial charge is 0.496 e. The van der Waals surface area contributed by atoms with E-state index < -0.39 is 16.3 Å². The minimum Gasteiger partial charge on any atom is -0.496 e. The normalized spacial score (nSPS) is 17.8. The van der Waals surface area contributed by atoms with Gasteiger partial charge in [-0.2, -0.15) is 5.26 Å². The average Bonchev–Trinajstić information content (AvgIpc) is 2.96. The summed E-state index contributed by atoms with van der Waals surface area (Å²) in [7, 11) is 1.56. The number of rotatable bonds is 7. The lowest BCUT2D eigenvalue weighted by molar-refractivity contribution is -0.384. The maximum atomic E-state index is 13.9. The van der Waals surface area contributed by atoms with E-state index in [0.717, 1.165) is 4.47 Å². The number of benzene rings is 3. The van der Waals surface area contributed by atoms with Gasteiger partial charge in [0.05, 0.1) is 29.6 Å². The van der Waals surface area contributed by atoms with Gasteiger partial charge in [-0.15, -0.1) is 0 Å². The van der Waals surface area contributed by atoms with Crippen molar-refractivity contribution in [2.24, 2.45) is 11.1 Å². The molecule has 0 unspecified atom stereocenters. The van der Waals surface area contributed by atoms with Crippen LogP contribution in [0.25, 0.3) is 0 Å². The minimum atomic E-state index is -0.788. The molecule has 43 heavy (non-hydrogen) atoms. The summed E-state index contributed by atoms with van der Waals surface area (Å²) in [5, 5.41) is 22.7. The van der Waals surface area contributed by atoms with Crippen LogP contribution in [0.2, 0.25) is 5.02 Å². The molecule has 9 nitrogen and oxygen atoms in total. The van der Waals surface area contributed by atoms with Crippen molar-refractivity contribution in [1.29, 1.82) is 5.26 Å². The number of nitro benzene ring substituents is 1. The Morgan fingerprint density at radius 3 is 2.53 bits per heavy atom. The summed E-state index contributed by atoms with van der Waals surface area (Å²) < 4.78 is 12.5. The highest BCUT2D eigenvalue weighted by molar-refractivity contribution is 9.10. The van der Waals surface area contributed by atoms with Gasteiger partial charge in [-0.05, 0) is 65.9 Å². The zero-order valence-corrected chi connectivity index (χ0v) is 26.0. The van der Waals surface area contributed by atoms with Crippen molar-refractivity contribution >= 4 is 44.7 Å². The molecule has 2 N–H and O–H groups in total. The van der Waals surface area contributed by atoms with Gasteiger partial charge in [-0.3, -0.25) is 19.8 Å². The fraction of sp³-hybridized carbons (Fsp3) is 0.250. The SMILES string of the molecule is COc1ccc([C@@H]2C(C#N)=C(N)N(c3ccc(Cl)cc3[N+](=O)[O-])C3=C2C(=O)CC(C)(C)C3)cc1COc1ccc(Br)cc1. The molecule has 11 heteroatoms. The van der Waals surface area contributed by atoms with Crippen molar-refractivity contribution in [2.75, 3.05) is 12.0 Å². The Morgan fingerprint density at radius 1 is 1.16 bits per heavy atom. The molecule has 1 aliphatic heterocycles. The Morgan fingerprint density at radius 2 is 1.88 bits per heavy atom. The molecule has 1 aliphatic carbocycles. The van der Waals surface area contributed by atoms with Crippen LogP contribution >= 0.6 is 27.5 Å². The van der Waals surface area contributed by atoms with E-state index in [0.29, 0.717) is 40.3 Å². The number of nitro groups is 1. The Labute approximate surface area is 262 Å². The second-order valence-corrected chi connectivity index (χ2v) is 12.5. The van der Waals surface area contributed by atoms with Crippen molar-refractivity contribution in [3.63, 3.8) is 0 Å². The fourth-order valence-electron chi connectivity index (χ4n) is 5.73. The molecular formula is C32H28BrClN4O5. The van der Waals surface area contributed by atoms with Crippen LogP contribution in [0.15, 0.2) is 87.8 Å². The van der Waals surface area contributed by atoms with Gasteiger partial charge in [0.15, 0.2) is 5.78 Å². The van der Waals surface area contributed by atoms with Gasteiger partial charge in [-0.25, -0.2) is 0 Å². The molecule has 0 saturated heterocycles. The third-order valence-electron chi connectivity index (χ3n) is 7.60. The average molecular weight is 664 g/mol. The predicted octanol–water partition coefficient (Wildman–Crippen LogP) is 7.54. The molecule has 0 spiro atoms. The Balaban J connectivity index is 1.67. The molecule has 2 aliphatic rings. The number of allylic oxidation sites excluding steroid dienone is 3. The first-order chi connectivity index (χ1) is 20.4. The van der Waals surface area contributed by atoms with E-state index in [9.17, 15) is 20.2 Å². The molecule has 0 radical (unpaired) electrons. The lowest BCUT2D eigenvalue weighted by Crippen LogP contribution is -2.42. The van der Waals surface area contributed by atoms with Crippen molar-refractivity contribution in [1.82, 2.24) is 0 Å². The smallest absolute Gasteiger partial charge is 0.294 e. The number of carbonyl (C=O) groups is 1. The molecule has 0 amide bonds. The maximum absolute atomic E-state index is 13.9. The first-order valence-electron chi connectivity index (χ1n) is 13.4. The van der Waals surface area contributed by atoms with Crippen molar-refractivity contribution in [3.8, 4) is 17.6 Å². The van der Waals surface area contributed by atoms with E-state index >= 15 is 0 Å². The Hall–Kier alpha value is -4.33. The molecule has 0 aromatic heterocycles. The Kier molecular flexibility index (Phi) is 8.23. The van der Waals surface area contributed by atoms with Gasteiger partial charge >= 0.3 is 0 Å². The van der Waals surface area contributed by atoms with Crippen LogP contribution in [-0.4, -0.2) is 17.8 Å². The van der Waals surface area contributed by atoms with E-state index in [1.165, 1.54) is 23.1 Å². The van der Waals surface area contributed by atoms with Crippen molar-refractivity contribution in [3.05, 3.63) is 114 Å². The zero-order chi connectivity index (χ0) is 31.1. The standard InChI is InChI=1S/C32H28BrClN4O5/c1-32(2)14-26-30(27(39)15-32)29(23(16-35)31(36)37(26)24-10-7-21(34)13-25(24)38(40)41)18-4-11-28(42-3)19(12-18)17-43-22-8-5-20(33)6-9-22/h4-13,29H,14-15,17,36H2,1-3H3/t29-/m1/s1. The highest BCUT2D eigenvalue weighted by atomic mass is 79.9. The van der Waals surface area contributed by atoms with Gasteiger partial charge in [0.1, 0.15) is 29.6 Å². The second-order valence-electron chi connectivity index (χ2n) is 11.2. The third-order valence-corrected chi connectivity index (χ3v) is 8.37. The number of hydrogen-bond donors (Lipinski definition) is 1. The number of nitriles is 1. The van der Waals surface area contributed by atoms with Crippen LogP contribution in [0, 0.1) is 26.9 Å². The number of nitrogens with two attached hydrogens (primary N) is 1. The van der Waals surface area contributed by atoms with Gasteiger partial charge in [0, 0.05) is 38.8 Å². The lowest BCUT2D eigenvalue weighted by atomic mass is 9.68. The van der Waals surface area contributed by atoms with Crippen LogP contribution in [0.5, 0.6) is 11.5 Å². The molecular weight excluding hydrogens is 636 g/mol. The number of methoxy groups -OCH3 is 1. The van der Waals surface area contributed by atoms with Crippen LogP contribution in [-0.2, 0) is 11.4 Å². The number of ketones is 1. The summed E-state index contributed by atoms with van der Waals surface area (Å²) in [6.45, 7) is 4.09. The summed E-state index contributed by atoms with van der Waals surface area (Å²) in [6, 6.07) is 19.3. The van der Waals surface area contributed by atoms with Crippen molar-refractivity contribution in [2.45, 2.75) is 39.2 Å². The summed E-state index contributed by atoms with van der Waals surface area (Å²) >= 11 is 9.52. The molecule has 1 heterocycles. The summed E-state index contributed by atoms with van der Waals surface area (Å²) in [5.41, 5.74) is 8.50. The first kappa shape index (κ1) is 30.1. The summed E-state index contributed by atoms with van der Waals surface area (Å²) in [6.07, 6.45) is 0.645. The summed E-state index contributed by atoms with van der Waals surface area (Å²) in [4.78, 5) is 26.9. The monoisotopic (exact) mass is 662 g/mol. The van der Waals surface area contributed by atoms with Crippen molar-refractivity contribution < 1.29 is 19.2 Å². The van der Waals surface area contributed by atoms with Crippen LogP contribution in [0.1, 0.15) is 43.7 Å². The van der Waals surface area contributed by atoms with Crippen LogP contribution < -0.4 is 20.1 Å². The van der Waals surface area contributed by atoms with Gasteiger partial charge in [0.25, 0.3) is 5.69 Å². The van der Waals surface area contributed by atoms with Gasteiger partial charge in [-0.1, -0.05) is 47.4 Å². The maximum Gasteiger partial charge on any atom is 0.294 e. The second kappa shape index (κ2) is 11.7. The molecule has 0 bridgehead atoms. The quantitative estimate of drug-likeness (QED) is 0.203. The van der Waals surface area contributed by atoms with Crippen LogP contribution in [0.3, 0.4) is 0 Å². The number of nitrogens with zero attached hydrogens (tertiary/aromatic N) is 3. The highest BCUT2D eigenvalue weighted by Gasteiger charge is 2.45. The topological polar surface area (TPSA) is 132 Å². The summed E-state index contributed by atoms with van der Waals surface area (Å²) in [5.74, 6) is 0.316. The first-order valence-corrected chi connectivity index (χ1v) is 14.6. The number of anilines is 1. The minimum absolute atomic E-state index is 0.0191. The van der Waals surface area contributed by atoms with E-state index in [2.05, 4.69) is 22.0 Å². The van der Waals surface area contributed by atoms with Gasteiger partial charge < -0.3 is 15.2 Å². The molecule has 0 fully saturated rings. The molecule has 3 aromatic carbocycles. The van der Waals surface area contributed by atoms with Crippen LogP contribution in [0.4, 0.5) is 11.4 Å². The molecule has 220 valence electrons. The number of Topliss-reactive ketones (excluding diaryl/α,β-unsaturated/α-hetero) is 1. The van der Waals surface area contributed by atoms with E-state index in [4.69, 9.17) is 26.8 Å². The van der Waals surface area contributed by atoms with E-state index in [1.807, 2.05) is 44.2 Å². The molecule has 5 rings (SSSR count). The van der Waals surface area contributed by atoms with E-state index in [-0.39, 0.29) is 46.6 Å². The molecule has 1 atom stereocenters. The fourth-order valence-corrected chi connectivity index (χ4v) is 6.16. The molecule has 3 aromatic rings. The number of hydrogen-bond acceptors (Lipinski definition) is 8. The number of carbonyl (C=O) groups excluding carboxylic acids is 1. The molecule has 0 saturated carbocycles. The number of halogens is 2. The number of ether oxygens (including phenoxy) is 2. The lowest BCUT2D eigenvalue weighted by Gasteiger charge is -2.43. The van der Waals surface area contributed by atoms with E-state index in [1.54, 1.807) is 19.2 Å². The zero-order valence-electron chi connectivity index (χ0n) is 23.7. The Bertz CT molecular complexity index is 1740. The predicted molar refractivity (Wildman–Crippen MR) is 167 cm³/mol. The highest BCUT2D eigenvalue weighted by Crippen LogP contribution is 2.51. The van der Waals surface area contributed by atoms with Gasteiger partial charge in [0.2, 0.25) is 0 Å².